The minimum atomic E-state index is 1.11. The van der Waals surface area contributed by atoms with Crippen molar-refractivity contribution < 1.29 is 0 Å². The van der Waals surface area contributed by atoms with Crippen molar-refractivity contribution in [1.82, 2.24) is 0 Å². The summed E-state index contributed by atoms with van der Waals surface area (Å²) in [6.07, 6.45) is 0. The molecule has 9 rings (SSSR count). The van der Waals surface area contributed by atoms with E-state index in [0.717, 1.165) is 17.1 Å². The molecule has 0 amide bonds. The van der Waals surface area contributed by atoms with Crippen molar-refractivity contribution in [2.75, 3.05) is 4.90 Å². The topological polar surface area (TPSA) is 3.24 Å². The summed E-state index contributed by atoms with van der Waals surface area (Å²) >= 11 is 0. The third kappa shape index (κ3) is 5.23. The highest BCUT2D eigenvalue weighted by atomic mass is 15.1. The second-order valence-electron chi connectivity index (χ2n) is 12.5. The molecule has 0 radical (unpaired) electrons. The maximum atomic E-state index is 2.44. The second kappa shape index (κ2) is 12.3. The molecule has 0 fully saturated rings. The molecule has 9 aromatic rings. The van der Waals surface area contributed by atoms with Crippen molar-refractivity contribution in [2.24, 2.45) is 0 Å². The molecule has 1 nitrogen and oxygen atoms in total. The van der Waals surface area contributed by atoms with E-state index >= 15 is 0 Å². The van der Waals surface area contributed by atoms with E-state index in [-0.39, 0.29) is 0 Å². The fourth-order valence-corrected chi connectivity index (χ4v) is 7.30. The van der Waals surface area contributed by atoms with Gasteiger partial charge in [0.2, 0.25) is 0 Å². The fraction of sp³-hybridized carbons (Fsp3) is 0. The zero-order chi connectivity index (χ0) is 32.6. The number of nitrogens with zero attached hydrogens (tertiary/aromatic N) is 1. The minimum Gasteiger partial charge on any atom is -0.310 e. The molecule has 1 heteroatoms. The van der Waals surface area contributed by atoms with Gasteiger partial charge in [0.05, 0.1) is 5.69 Å². The van der Waals surface area contributed by atoms with Crippen LogP contribution < -0.4 is 4.90 Å². The van der Waals surface area contributed by atoms with E-state index in [9.17, 15) is 0 Å². The molecule has 0 bridgehead atoms. The van der Waals surface area contributed by atoms with Crippen molar-refractivity contribution in [1.29, 1.82) is 0 Å². The Hall–Kier alpha value is -6.44. The third-order valence-corrected chi connectivity index (χ3v) is 9.65. The standard InChI is InChI=1S/C48H33N/c1-4-14-34(15-5-1)42-30-31-48(45-23-13-12-22-44(42)45)49(39-27-26-38-25-24-37-20-10-11-21-41(37)47(38)32-39)40-28-29-43(35-16-6-2-7-17-35)46(33-40)36-18-8-3-9-19-36/h1-33H. The summed E-state index contributed by atoms with van der Waals surface area (Å²) in [7, 11) is 0. The average molecular weight is 624 g/mol. The zero-order valence-corrected chi connectivity index (χ0v) is 27.0. The summed E-state index contributed by atoms with van der Waals surface area (Å²) < 4.78 is 0. The molecule has 49 heavy (non-hydrogen) atoms. The van der Waals surface area contributed by atoms with Crippen molar-refractivity contribution in [3.63, 3.8) is 0 Å². The Kier molecular flexibility index (Phi) is 7.22. The van der Waals surface area contributed by atoms with E-state index in [0.29, 0.717) is 0 Å². The van der Waals surface area contributed by atoms with Gasteiger partial charge in [0.1, 0.15) is 0 Å². The molecule has 0 saturated carbocycles. The van der Waals surface area contributed by atoms with Crippen molar-refractivity contribution in [2.45, 2.75) is 0 Å². The molecule has 0 aromatic heterocycles. The molecule has 0 aliphatic rings. The smallest absolute Gasteiger partial charge is 0.0540 e. The zero-order valence-electron chi connectivity index (χ0n) is 27.0. The average Bonchev–Trinajstić information content (AvgIpc) is 3.19. The summed E-state index contributed by atoms with van der Waals surface area (Å²) in [5.74, 6) is 0. The maximum absolute atomic E-state index is 2.44. The highest BCUT2D eigenvalue weighted by Gasteiger charge is 2.20. The van der Waals surface area contributed by atoms with Gasteiger partial charge in [0, 0.05) is 16.8 Å². The number of rotatable bonds is 6. The second-order valence-corrected chi connectivity index (χ2v) is 12.5. The van der Waals surface area contributed by atoms with Crippen molar-refractivity contribution in [3.8, 4) is 33.4 Å². The lowest BCUT2D eigenvalue weighted by Crippen LogP contribution is -2.11. The van der Waals surface area contributed by atoms with Crippen molar-refractivity contribution in [3.05, 3.63) is 200 Å². The van der Waals surface area contributed by atoms with Gasteiger partial charge < -0.3 is 4.90 Å². The van der Waals surface area contributed by atoms with Gasteiger partial charge in [-0.25, -0.2) is 0 Å². The van der Waals surface area contributed by atoms with Crippen LogP contribution in [-0.4, -0.2) is 0 Å². The molecule has 9 aromatic carbocycles. The van der Waals surface area contributed by atoms with Crippen LogP contribution in [0.25, 0.3) is 65.7 Å². The minimum absolute atomic E-state index is 1.11. The van der Waals surface area contributed by atoms with Crippen molar-refractivity contribution >= 4 is 49.4 Å². The Bertz CT molecular complexity index is 2590. The van der Waals surface area contributed by atoms with Gasteiger partial charge in [-0.3, -0.25) is 0 Å². The highest BCUT2D eigenvalue weighted by Crippen LogP contribution is 2.45. The largest absolute Gasteiger partial charge is 0.310 e. The molecule has 0 aliphatic heterocycles. The number of anilines is 3. The van der Waals surface area contributed by atoms with Crippen LogP contribution in [0.5, 0.6) is 0 Å². The quantitative estimate of drug-likeness (QED) is 0.167. The number of benzene rings is 9. The predicted octanol–water partition coefficient (Wildman–Crippen LogP) is 13.6. The first-order valence-electron chi connectivity index (χ1n) is 16.9. The van der Waals surface area contributed by atoms with Gasteiger partial charge in [0.15, 0.2) is 0 Å². The van der Waals surface area contributed by atoms with Gasteiger partial charge in [0.25, 0.3) is 0 Å². The Balaban J connectivity index is 1.33. The van der Waals surface area contributed by atoms with Gasteiger partial charge >= 0.3 is 0 Å². The first kappa shape index (κ1) is 28.8. The lowest BCUT2D eigenvalue weighted by Gasteiger charge is -2.29. The molecule has 0 atom stereocenters. The Labute approximate surface area is 287 Å². The van der Waals surface area contributed by atoms with Crippen LogP contribution in [0.3, 0.4) is 0 Å². The molecular weight excluding hydrogens is 591 g/mol. The maximum Gasteiger partial charge on any atom is 0.0540 e. The van der Waals surface area contributed by atoms with Crippen LogP contribution in [0.2, 0.25) is 0 Å². The van der Waals surface area contributed by atoms with E-state index in [2.05, 4.69) is 205 Å². The normalized spacial score (nSPS) is 11.3. The SMILES string of the molecule is c1ccc(-c2ccc(N(c3ccc4ccc5ccccc5c4c3)c3ccc(-c4ccccc4)c4ccccc34)cc2-c2ccccc2)cc1. The highest BCUT2D eigenvalue weighted by molar-refractivity contribution is 6.11. The van der Waals surface area contributed by atoms with E-state index in [1.54, 1.807) is 0 Å². The van der Waals surface area contributed by atoms with Crippen LogP contribution in [-0.2, 0) is 0 Å². The number of hydrogen-bond donors (Lipinski definition) is 0. The molecule has 230 valence electrons. The van der Waals surface area contributed by atoms with Crippen LogP contribution in [0.1, 0.15) is 0 Å². The van der Waals surface area contributed by atoms with E-state index in [1.165, 1.54) is 65.7 Å². The monoisotopic (exact) mass is 623 g/mol. The molecule has 0 heterocycles. The lowest BCUT2D eigenvalue weighted by molar-refractivity contribution is 1.30. The Morgan fingerprint density at radius 3 is 1.43 bits per heavy atom. The van der Waals surface area contributed by atoms with Crippen LogP contribution in [0, 0.1) is 0 Å². The van der Waals surface area contributed by atoms with Crippen LogP contribution in [0.4, 0.5) is 17.1 Å². The molecule has 0 unspecified atom stereocenters. The van der Waals surface area contributed by atoms with Gasteiger partial charge in [-0.05, 0) is 90.6 Å². The Morgan fingerprint density at radius 2 is 0.735 bits per heavy atom. The fourth-order valence-electron chi connectivity index (χ4n) is 7.30. The number of fused-ring (bicyclic) bond motifs is 4. The van der Waals surface area contributed by atoms with Crippen LogP contribution >= 0.6 is 0 Å². The summed E-state index contributed by atoms with van der Waals surface area (Å²) in [5.41, 5.74) is 10.6. The number of hydrogen-bond acceptors (Lipinski definition) is 1. The molecule has 0 aliphatic carbocycles. The molecule has 0 saturated heterocycles. The molecule has 0 N–H and O–H groups in total. The van der Waals surface area contributed by atoms with Gasteiger partial charge in [-0.2, -0.15) is 0 Å². The third-order valence-electron chi connectivity index (χ3n) is 9.65. The summed E-state index contributed by atoms with van der Waals surface area (Å²) in [6, 6.07) is 72.5. The van der Waals surface area contributed by atoms with Gasteiger partial charge in [-0.1, -0.05) is 170 Å². The predicted molar refractivity (Wildman–Crippen MR) is 210 cm³/mol. The first-order valence-corrected chi connectivity index (χ1v) is 16.9. The van der Waals surface area contributed by atoms with Crippen LogP contribution in [0.15, 0.2) is 200 Å². The first-order chi connectivity index (χ1) is 24.3. The summed E-state index contributed by atoms with van der Waals surface area (Å²) in [6.45, 7) is 0. The Morgan fingerprint density at radius 1 is 0.265 bits per heavy atom. The lowest BCUT2D eigenvalue weighted by atomic mass is 9.93. The summed E-state index contributed by atoms with van der Waals surface area (Å²) in [5, 5.41) is 7.42. The molecular formula is C48H33N. The molecule has 0 spiro atoms. The van der Waals surface area contributed by atoms with Gasteiger partial charge in [-0.15, -0.1) is 0 Å². The van der Waals surface area contributed by atoms with E-state index in [4.69, 9.17) is 0 Å². The van der Waals surface area contributed by atoms with E-state index < -0.39 is 0 Å². The van der Waals surface area contributed by atoms with E-state index in [1.807, 2.05) is 0 Å². The summed E-state index contributed by atoms with van der Waals surface area (Å²) in [4.78, 5) is 2.44.